The highest BCUT2D eigenvalue weighted by molar-refractivity contribution is 7.99. The summed E-state index contributed by atoms with van der Waals surface area (Å²) >= 11 is 1.92. The topological polar surface area (TPSA) is 4.93 Å². The van der Waals surface area contributed by atoms with Gasteiger partial charge in [-0.05, 0) is 30.0 Å². The lowest BCUT2D eigenvalue weighted by molar-refractivity contribution is 0.629. The van der Waals surface area contributed by atoms with Crippen LogP contribution in [0.2, 0.25) is 0 Å². The van der Waals surface area contributed by atoms with Gasteiger partial charge in [-0.3, -0.25) is 0 Å². The van der Waals surface area contributed by atoms with E-state index in [2.05, 4.69) is 11.5 Å². The predicted octanol–water partition coefficient (Wildman–Crippen LogP) is 3.53. The molecule has 0 amide bonds. The maximum Gasteiger partial charge on any atom is 0.123 e. The molecule has 0 fully saturated rings. The highest BCUT2D eigenvalue weighted by atomic mass is 32.2. The lowest BCUT2D eigenvalue weighted by Crippen LogP contribution is -1.98. The van der Waals surface area contributed by atoms with Crippen LogP contribution in [0.15, 0.2) is 30.5 Å². The van der Waals surface area contributed by atoms with E-state index in [0.29, 0.717) is 0 Å². The van der Waals surface area contributed by atoms with Crippen molar-refractivity contribution in [2.24, 2.45) is 0 Å². The van der Waals surface area contributed by atoms with Gasteiger partial charge in [0, 0.05) is 29.4 Å². The molecule has 0 radical (unpaired) electrons. The van der Waals surface area contributed by atoms with E-state index >= 15 is 0 Å². The maximum atomic E-state index is 12.9. The van der Waals surface area contributed by atoms with Gasteiger partial charge in [0.2, 0.25) is 0 Å². The van der Waals surface area contributed by atoms with E-state index in [1.807, 2.05) is 30.1 Å². The summed E-state index contributed by atoms with van der Waals surface area (Å²) in [6.45, 7) is 3.15. The van der Waals surface area contributed by atoms with Gasteiger partial charge in [0.05, 0.1) is 0 Å². The van der Waals surface area contributed by atoms with Crippen molar-refractivity contribution in [2.75, 3.05) is 11.5 Å². The molecule has 0 saturated carbocycles. The number of thioether (sulfide) groups is 1. The van der Waals surface area contributed by atoms with Gasteiger partial charge in [-0.2, -0.15) is 11.8 Å². The van der Waals surface area contributed by atoms with Crippen LogP contribution in [0.25, 0.3) is 10.9 Å². The van der Waals surface area contributed by atoms with Crippen LogP contribution in [-0.4, -0.2) is 16.1 Å². The Bertz CT molecular complexity index is 450. The van der Waals surface area contributed by atoms with Gasteiger partial charge in [-0.1, -0.05) is 6.92 Å². The average molecular weight is 223 g/mol. The summed E-state index contributed by atoms with van der Waals surface area (Å²) in [5.74, 6) is 2.09. The van der Waals surface area contributed by atoms with E-state index in [1.54, 1.807) is 6.07 Å². The Hall–Kier alpha value is -0.960. The Morgan fingerprint density at radius 1 is 1.33 bits per heavy atom. The Balaban J connectivity index is 2.21. The Kier molecular flexibility index (Phi) is 3.31. The van der Waals surface area contributed by atoms with Crippen LogP contribution in [0, 0.1) is 5.82 Å². The Morgan fingerprint density at radius 2 is 2.20 bits per heavy atom. The minimum absolute atomic E-state index is 0.164. The molecule has 1 aromatic heterocycles. The molecule has 0 N–H and O–H groups in total. The molecule has 1 nitrogen and oxygen atoms in total. The largest absolute Gasteiger partial charge is 0.347 e. The fraction of sp³-hybridized carbons (Fsp3) is 0.333. The van der Waals surface area contributed by atoms with Gasteiger partial charge in [0.25, 0.3) is 0 Å². The van der Waals surface area contributed by atoms with E-state index in [4.69, 9.17) is 0 Å². The van der Waals surface area contributed by atoms with E-state index in [9.17, 15) is 4.39 Å². The molecule has 2 rings (SSSR count). The van der Waals surface area contributed by atoms with E-state index < -0.39 is 0 Å². The smallest absolute Gasteiger partial charge is 0.123 e. The molecule has 3 heteroatoms. The SMILES string of the molecule is CCSCCn1ccc2cc(F)ccc21. The summed E-state index contributed by atoms with van der Waals surface area (Å²) in [4.78, 5) is 0. The molecule has 0 aliphatic heterocycles. The van der Waals surface area contributed by atoms with Crippen LogP contribution in [-0.2, 0) is 6.54 Å². The average Bonchev–Trinajstić information content (AvgIpc) is 2.61. The zero-order valence-electron chi connectivity index (χ0n) is 8.74. The number of aryl methyl sites for hydroxylation is 1. The minimum Gasteiger partial charge on any atom is -0.347 e. The second-order valence-corrected chi connectivity index (χ2v) is 4.80. The lowest BCUT2D eigenvalue weighted by atomic mass is 10.2. The summed E-state index contributed by atoms with van der Waals surface area (Å²) in [6.07, 6.45) is 2.03. The number of benzene rings is 1. The third kappa shape index (κ3) is 2.34. The van der Waals surface area contributed by atoms with Gasteiger partial charge in [-0.25, -0.2) is 4.39 Å². The van der Waals surface area contributed by atoms with Crippen LogP contribution in [0.3, 0.4) is 0 Å². The van der Waals surface area contributed by atoms with Crippen molar-refractivity contribution < 1.29 is 4.39 Å². The third-order valence-corrected chi connectivity index (χ3v) is 3.29. The maximum absolute atomic E-state index is 12.9. The van der Waals surface area contributed by atoms with Crippen molar-refractivity contribution in [1.82, 2.24) is 4.57 Å². The highest BCUT2D eigenvalue weighted by Gasteiger charge is 2.01. The molecule has 80 valence electrons. The molecule has 2 aromatic rings. The lowest BCUT2D eigenvalue weighted by Gasteiger charge is -2.04. The molecule has 0 spiro atoms. The van der Waals surface area contributed by atoms with Crippen molar-refractivity contribution in [3.05, 3.63) is 36.3 Å². The number of fused-ring (bicyclic) bond motifs is 1. The Morgan fingerprint density at radius 3 is 3.00 bits per heavy atom. The molecular formula is C12H14FNS. The second-order valence-electron chi connectivity index (χ2n) is 3.41. The molecule has 0 saturated heterocycles. The summed E-state index contributed by atoms with van der Waals surface area (Å²) in [6, 6.07) is 6.92. The minimum atomic E-state index is -0.164. The van der Waals surface area contributed by atoms with Gasteiger partial charge >= 0.3 is 0 Å². The van der Waals surface area contributed by atoms with Crippen molar-refractivity contribution in [3.63, 3.8) is 0 Å². The normalized spacial score (nSPS) is 11.1. The van der Waals surface area contributed by atoms with Crippen molar-refractivity contribution in [1.29, 1.82) is 0 Å². The molecule has 0 aliphatic carbocycles. The van der Waals surface area contributed by atoms with Crippen LogP contribution >= 0.6 is 11.8 Å². The van der Waals surface area contributed by atoms with Crippen LogP contribution in [0.4, 0.5) is 4.39 Å². The number of nitrogens with zero attached hydrogens (tertiary/aromatic N) is 1. The van der Waals surface area contributed by atoms with Gasteiger partial charge in [0.1, 0.15) is 5.82 Å². The van der Waals surface area contributed by atoms with Crippen LogP contribution < -0.4 is 0 Å². The number of halogens is 1. The summed E-state index contributed by atoms with van der Waals surface area (Å²) in [5.41, 5.74) is 1.12. The van der Waals surface area contributed by atoms with E-state index in [-0.39, 0.29) is 5.82 Å². The summed E-state index contributed by atoms with van der Waals surface area (Å²) < 4.78 is 15.1. The second kappa shape index (κ2) is 4.71. The van der Waals surface area contributed by atoms with Crippen molar-refractivity contribution in [3.8, 4) is 0 Å². The quantitative estimate of drug-likeness (QED) is 0.718. The predicted molar refractivity (Wildman–Crippen MR) is 64.9 cm³/mol. The molecular weight excluding hydrogens is 209 g/mol. The fourth-order valence-corrected chi connectivity index (χ4v) is 2.29. The molecule has 1 heterocycles. The first-order chi connectivity index (χ1) is 7.31. The summed E-state index contributed by atoms with van der Waals surface area (Å²) in [5, 5.41) is 0.983. The van der Waals surface area contributed by atoms with Crippen molar-refractivity contribution >= 4 is 22.7 Å². The first kappa shape index (κ1) is 10.6. The highest BCUT2D eigenvalue weighted by Crippen LogP contribution is 2.17. The number of hydrogen-bond acceptors (Lipinski definition) is 1. The van der Waals surface area contributed by atoms with E-state index in [1.165, 1.54) is 6.07 Å². The molecule has 0 unspecified atom stereocenters. The Labute approximate surface area is 93.3 Å². The zero-order chi connectivity index (χ0) is 10.7. The molecule has 0 bridgehead atoms. The zero-order valence-corrected chi connectivity index (χ0v) is 9.56. The monoisotopic (exact) mass is 223 g/mol. The van der Waals surface area contributed by atoms with Crippen molar-refractivity contribution in [2.45, 2.75) is 13.5 Å². The van der Waals surface area contributed by atoms with Gasteiger partial charge in [-0.15, -0.1) is 0 Å². The molecule has 0 aliphatic rings. The molecule has 1 aromatic carbocycles. The van der Waals surface area contributed by atoms with Gasteiger partial charge < -0.3 is 4.57 Å². The van der Waals surface area contributed by atoms with E-state index in [0.717, 1.165) is 29.0 Å². The first-order valence-corrected chi connectivity index (χ1v) is 6.29. The first-order valence-electron chi connectivity index (χ1n) is 5.13. The number of rotatable bonds is 4. The van der Waals surface area contributed by atoms with Crippen LogP contribution in [0.5, 0.6) is 0 Å². The number of hydrogen-bond donors (Lipinski definition) is 0. The number of aromatic nitrogens is 1. The van der Waals surface area contributed by atoms with Crippen LogP contribution in [0.1, 0.15) is 6.92 Å². The fourth-order valence-electron chi connectivity index (χ4n) is 1.67. The molecule has 0 atom stereocenters. The molecule has 15 heavy (non-hydrogen) atoms. The van der Waals surface area contributed by atoms with Gasteiger partial charge in [0.15, 0.2) is 0 Å². The standard InChI is InChI=1S/C12H14FNS/c1-2-15-8-7-14-6-5-10-9-11(13)3-4-12(10)14/h3-6,9H,2,7-8H2,1H3. The summed E-state index contributed by atoms with van der Waals surface area (Å²) in [7, 11) is 0. The third-order valence-electron chi connectivity index (χ3n) is 2.41.